The number of aromatic amines is 1. The van der Waals surface area contributed by atoms with Crippen LogP contribution in [0.3, 0.4) is 0 Å². The van der Waals surface area contributed by atoms with E-state index >= 15 is 0 Å². The number of piperidine rings is 1. The molecule has 0 radical (unpaired) electrons. The second-order valence-corrected chi connectivity index (χ2v) is 6.76. The first kappa shape index (κ1) is 19.3. The highest BCUT2D eigenvalue weighted by atomic mass is 35.5. The Balaban J connectivity index is 0.00000210. The van der Waals surface area contributed by atoms with Gasteiger partial charge in [0.25, 0.3) is 5.91 Å². The van der Waals surface area contributed by atoms with Gasteiger partial charge in [0.05, 0.1) is 0 Å². The molecule has 1 aliphatic rings. The van der Waals surface area contributed by atoms with Crippen molar-refractivity contribution in [3.05, 3.63) is 41.1 Å². The van der Waals surface area contributed by atoms with Crippen molar-refractivity contribution in [2.24, 2.45) is 7.05 Å². The maximum atomic E-state index is 13.5. The summed E-state index contributed by atoms with van der Waals surface area (Å²) in [4.78, 5) is 20.1. The third-order valence-electron chi connectivity index (χ3n) is 4.86. The smallest absolute Gasteiger partial charge is 0.274 e. The second kappa shape index (κ2) is 7.66. The van der Waals surface area contributed by atoms with Gasteiger partial charge in [-0.15, -0.1) is 12.4 Å². The molecular weight excluding hydrogens is 371 g/mol. The number of amides is 1. The van der Waals surface area contributed by atoms with E-state index < -0.39 is 0 Å². The van der Waals surface area contributed by atoms with Crippen molar-refractivity contribution < 1.29 is 9.18 Å². The summed E-state index contributed by atoms with van der Waals surface area (Å²) in [6, 6.07) is 4.56. The minimum atomic E-state index is -0.330. The molecule has 0 spiro atoms. The number of hydrogen-bond acceptors (Lipinski definition) is 4. The lowest BCUT2D eigenvalue weighted by Gasteiger charge is -2.19. The van der Waals surface area contributed by atoms with Crippen LogP contribution < -0.4 is 10.6 Å². The highest BCUT2D eigenvalue weighted by Crippen LogP contribution is 2.24. The number of anilines is 1. The third kappa shape index (κ3) is 3.81. The fourth-order valence-electron chi connectivity index (χ4n) is 3.43. The van der Waals surface area contributed by atoms with Gasteiger partial charge in [-0.05, 0) is 56.6 Å². The first-order valence-electron chi connectivity index (χ1n) is 8.73. The summed E-state index contributed by atoms with van der Waals surface area (Å²) >= 11 is 0. The van der Waals surface area contributed by atoms with Crippen LogP contribution in [0.1, 0.15) is 40.6 Å². The number of H-pyrrole nitrogens is 1. The Hall–Kier alpha value is -2.45. The van der Waals surface area contributed by atoms with E-state index in [1.165, 1.54) is 12.1 Å². The molecule has 9 heteroatoms. The molecule has 7 nitrogen and oxygen atoms in total. The van der Waals surface area contributed by atoms with E-state index in [0.29, 0.717) is 23.1 Å². The van der Waals surface area contributed by atoms with Gasteiger partial charge in [-0.3, -0.25) is 10.1 Å². The lowest BCUT2D eigenvalue weighted by Crippen LogP contribution is -2.27. The van der Waals surface area contributed by atoms with Gasteiger partial charge < -0.3 is 10.3 Å². The van der Waals surface area contributed by atoms with Crippen LogP contribution in [0.4, 0.5) is 10.3 Å². The van der Waals surface area contributed by atoms with Crippen LogP contribution >= 0.6 is 12.4 Å². The summed E-state index contributed by atoms with van der Waals surface area (Å²) in [7, 11) is 1.76. The van der Waals surface area contributed by atoms with Gasteiger partial charge in [0.1, 0.15) is 11.5 Å². The fourth-order valence-corrected chi connectivity index (χ4v) is 3.43. The van der Waals surface area contributed by atoms with Crippen LogP contribution in [0.15, 0.2) is 18.2 Å². The maximum absolute atomic E-state index is 13.5. The minimum absolute atomic E-state index is 0. The lowest BCUT2D eigenvalue weighted by atomic mass is 9.98. The van der Waals surface area contributed by atoms with E-state index in [2.05, 4.69) is 25.7 Å². The Bertz CT molecular complexity index is 976. The molecule has 0 bridgehead atoms. The summed E-state index contributed by atoms with van der Waals surface area (Å²) in [5, 5.41) is 11.4. The summed E-state index contributed by atoms with van der Waals surface area (Å²) in [5.41, 5.74) is 1.74. The number of fused-ring (bicyclic) bond motifs is 1. The molecule has 1 fully saturated rings. The summed E-state index contributed by atoms with van der Waals surface area (Å²) in [5.74, 6) is 0.827. The molecule has 27 heavy (non-hydrogen) atoms. The standard InChI is InChI=1S/C18H21FN6O.ClH/c1-10-7-12(19)8-14-13(10)9-15(21-14)17(26)23-18-22-16(24-25(18)2)11-3-5-20-6-4-11;/h7-9,11,20-21H,3-6H2,1-2H3,(H,22,23,24,26);1H. The lowest BCUT2D eigenvalue weighted by molar-refractivity contribution is 0.102. The molecule has 3 aromatic rings. The van der Waals surface area contributed by atoms with Gasteiger partial charge in [-0.2, -0.15) is 10.1 Å². The molecule has 1 aliphatic heterocycles. The Kier molecular flexibility index (Phi) is 5.48. The predicted octanol–water partition coefficient (Wildman–Crippen LogP) is 2.89. The molecule has 0 unspecified atom stereocenters. The number of halogens is 2. The van der Waals surface area contributed by atoms with Gasteiger partial charge in [-0.25, -0.2) is 9.07 Å². The average Bonchev–Trinajstić information content (AvgIpc) is 3.20. The number of rotatable bonds is 3. The number of aromatic nitrogens is 4. The number of hydrogen-bond donors (Lipinski definition) is 3. The zero-order valence-electron chi connectivity index (χ0n) is 15.2. The van der Waals surface area contributed by atoms with E-state index in [1.807, 2.05) is 6.92 Å². The predicted molar refractivity (Wildman–Crippen MR) is 104 cm³/mol. The molecule has 1 aromatic carbocycles. The monoisotopic (exact) mass is 392 g/mol. The van der Waals surface area contributed by atoms with Crippen molar-refractivity contribution in [1.82, 2.24) is 25.1 Å². The molecular formula is C18H22ClFN6O. The number of carbonyl (C=O) groups excluding carboxylic acids is 1. The van der Waals surface area contributed by atoms with Crippen LogP contribution in [-0.2, 0) is 7.05 Å². The highest BCUT2D eigenvalue weighted by molar-refractivity contribution is 6.05. The van der Waals surface area contributed by atoms with Crippen molar-refractivity contribution in [3.8, 4) is 0 Å². The second-order valence-electron chi connectivity index (χ2n) is 6.76. The van der Waals surface area contributed by atoms with Crippen LogP contribution in [0, 0.1) is 12.7 Å². The number of carbonyl (C=O) groups is 1. The molecule has 1 amide bonds. The Labute approximate surface area is 162 Å². The van der Waals surface area contributed by atoms with E-state index in [1.54, 1.807) is 17.8 Å². The summed E-state index contributed by atoms with van der Waals surface area (Å²) in [6.07, 6.45) is 1.98. The van der Waals surface area contributed by atoms with Gasteiger partial charge in [0, 0.05) is 23.9 Å². The molecule has 0 aliphatic carbocycles. The van der Waals surface area contributed by atoms with E-state index in [4.69, 9.17) is 0 Å². The van der Waals surface area contributed by atoms with Crippen molar-refractivity contribution >= 4 is 35.2 Å². The molecule has 4 rings (SSSR count). The zero-order chi connectivity index (χ0) is 18.3. The number of benzene rings is 1. The van der Waals surface area contributed by atoms with Crippen LogP contribution in [0.2, 0.25) is 0 Å². The molecule has 1 saturated heterocycles. The topological polar surface area (TPSA) is 87.6 Å². The van der Waals surface area contributed by atoms with Crippen molar-refractivity contribution in [3.63, 3.8) is 0 Å². The zero-order valence-corrected chi connectivity index (χ0v) is 16.0. The number of aryl methyl sites for hydroxylation is 2. The van der Waals surface area contributed by atoms with E-state index in [9.17, 15) is 9.18 Å². The minimum Gasteiger partial charge on any atom is -0.350 e. The van der Waals surface area contributed by atoms with Gasteiger partial charge in [-0.1, -0.05) is 0 Å². The molecule has 0 atom stereocenters. The normalized spacial score (nSPS) is 14.9. The largest absolute Gasteiger partial charge is 0.350 e. The quantitative estimate of drug-likeness (QED) is 0.639. The van der Waals surface area contributed by atoms with Gasteiger partial charge in [0.2, 0.25) is 5.95 Å². The fraction of sp³-hybridized carbons (Fsp3) is 0.389. The molecule has 3 N–H and O–H groups in total. The van der Waals surface area contributed by atoms with Crippen LogP contribution in [-0.4, -0.2) is 38.7 Å². The first-order valence-corrected chi connectivity index (χ1v) is 8.73. The molecule has 2 aromatic heterocycles. The van der Waals surface area contributed by atoms with Gasteiger partial charge in [0.15, 0.2) is 5.82 Å². The van der Waals surface area contributed by atoms with Gasteiger partial charge >= 0.3 is 0 Å². The highest BCUT2D eigenvalue weighted by Gasteiger charge is 2.22. The van der Waals surface area contributed by atoms with Crippen molar-refractivity contribution in [1.29, 1.82) is 0 Å². The number of nitrogens with zero attached hydrogens (tertiary/aromatic N) is 3. The first-order chi connectivity index (χ1) is 12.5. The van der Waals surface area contributed by atoms with E-state index in [0.717, 1.165) is 42.7 Å². The Morgan fingerprint density at radius 2 is 2.04 bits per heavy atom. The number of nitrogens with one attached hydrogen (secondary N) is 3. The van der Waals surface area contributed by atoms with Crippen LogP contribution in [0.25, 0.3) is 10.9 Å². The average molecular weight is 393 g/mol. The Morgan fingerprint density at radius 1 is 1.30 bits per heavy atom. The molecule has 144 valence electrons. The Morgan fingerprint density at radius 3 is 2.78 bits per heavy atom. The SMILES string of the molecule is Cc1cc(F)cc2[nH]c(C(=O)Nc3nc(C4CCNCC4)nn3C)cc12.Cl. The maximum Gasteiger partial charge on any atom is 0.274 e. The van der Waals surface area contributed by atoms with Crippen molar-refractivity contribution in [2.45, 2.75) is 25.7 Å². The summed E-state index contributed by atoms with van der Waals surface area (Å²) in [6.45, 7) is 3.72. The molecule has 0 saturated carbocycles. The van der Waals surface area contributed by atoms with Crippen molar-refractivity contribution in [2.75, 3.05) is 18.4 Å². The van der Waals surface area contributed by atoms with E-state index in [-0.39, 0.29) is 24.1 Å². The van der Waals surface area contributed by atoms with Crippen LogP contribution in [0.5, 0.6) is 0 Å². The molecule has 3 heterocycles. The third-order valence-corrected chi connectivity index (χ3v) is 4.86. The summed E-state index contributed by atoms with van der Waals surface area (Å²) < 4.78 is 15.1.